The summed E-state index contributed by atoms with van der Waals surface area (Å²) in [7, 11) is 1.43. The van der Waals surface area contributed by atoms with Crippen molar-refractivity contribution in [3.63, 3.8) is 0 Å². The molecular formula is C28H32F3N3O5. The molecule has 0 fully saturated rings. The van der Waals surface area contributed by atoms with Gasteiger partial charge in [0, 0.05) is 49.6 Å². The zero-order chi connectivity index (χ0) is 28.9. The van der Waals surface area contributed by atoms with Gasteiger partial charge in [0.2, 0.25) is 0 Å². The van der Waals surface area contributed by atoms with E-state index in [-0.39, 0.29) is 30.1 Å². The van der Waals surface area contributed by atoms with Gasteiger partial charge in [-0.05, 0) is 61.2 Å². The van der Waals surface area contributed by atoms with Gasteiger partial charge in [0.15, 0.2) is 0 Å². The highest BCUT2D eigenvalue weighted by Gasteiger charge is 2.30. The van der Waals surface area contributed by atoms with Crippen LogP contribution in [0.1, 0.15) is 59.0 Å². The van der Waals surface area contributed by atoms with Crippen LogP contribution in [-0.4, -0.2) is 65.4 Å². The number of rotatable bonds is 10. The number of halogens is 3. The van der Waals surface area contributed by atoms with E-state index in [2.05, 4.69) is 5.32 Å². The molecule has 3 aromatic rings. The first-order valence-corrected chi connectivity index (χ1v) is 12.6. The second kappa shape index (κ2) is 12.2. The number of aromatic carboxylic acids is 1. The van der Waals surface area contributed by atoms with Crippen molar-refractivity contribution in [1.29, 1.82) is 0 Å². The molecule has 0 radical (unpaired) electrons. The van der Waals surface area contributed by atoms with Gasteiger partial charge in [-0.2, -0.15) is 13.2 Å². The molecule has 210 valence electrons. The Labute approximate surface area is 224 Å². The summed E-state index contributed by atoms with van der Waals surface area (Å²) in [5.41, 5.74) is 2.22. The monoisotopic (exact) mass is 547 g/mol. The van der Waals surface area contributed by atoms with Gasteiger partial charge < -0.3 is 20.1 Å². The molecule has 1 heterocycles. The van der Waals surface area contributed by atoms with Gasteiger partial charge in [0.25, 0.3) is 5.91 Å². The number of hydrogen-bond acceptors (Lipinski definition) is 4. The number of aromatic nitrogens is 1. The molecule has 0 aliphatic rings. The van der Waals surface area contributed by atoms with Crippen LogP contribution >= 0.6 is 0 Å². The Morgan fingerprint density at radius 3 is 2.31 bits per heavy atom. The Balaban J connectivity index is 2.02. The number of nitrogens with zero attached hydrogens (tertiary/aromatic N) is 2. The molecule has 8 nitrogen and oxygen atoms in total. The average molecular weight is 548 g/mol. The number of benzene rings is 2. The van der Waals surface area contributed by atoms with Gasteiger partial charge in [0.05, 0.1) is 18.2 Å². The highest BCUT2D eigenvalue weighted by atomic mass is 19.4. The largest absolute Gasteiger partial charge is 0.496 e. The molecule has 0 aliphatic carbocycles. The van der Waals surface area contributed by atoms with E-state index in [0.29, 0.717) is 40.9 Å². The molecule has 39 heavy (non-hydrogen) atoms. The maximum absolute atomic E-state index is 13.3. The van der Waals surface area contributed by atoms with Crippen molar-refractivity contribution in [2.45, 2.75) is 39.8 Å². The highest BCUT2D eigenvalue weighted by molar-refractivity contribution is 6.01. The smallest absolute Gasteiger partial charge is 0.389 e. The number of carbonyl (C=O) groups excluding carboxylic acids is 2. The fraction of sp³-hybridized carbons (Fsp3) is 0.393. The summed E-state index contributed by atoms with van der Waals surface area (Å²) in [6, 6.07) is 9.04. The first-order chi connectivity index (χ1) is 18.4. The van der Waals surface area contributed by atoms with E-state index in [0.717, 1.165) is 0 Å². The quantitative estimate of drug-likeness (QED) is 0.346. The number of fused-ring (bicyclic) bond motifs is 1. The molecule has 1 atom stereocenters. The fourth-order valence-corrected chi connectivity index (χ4v) is 4.45. The van der Waals surface area contributed by atoms with E-state index in [4.69, 9.17) is 4.74 Å². The predicted molar refractivity (Wildman–Crippen MR) is 141 cm³/mol. The molecule has 0 saturated heterocycles. The lowest BCUT2D eigenvalue weighted by Gasteiger charge is -2.19. The van der Waals surface area contributed by atoms with E-state index < -0.39 is 30.4 Å². The third kappa shape index (κ3) is 7.10. The highest BCUT2D eigenvalue weighted by Crippen LogP contribution is 2.30. The van der Waals surface area contributed by atoms with E-state index in [1.54, 1.807) is 29.3 Å². The molecule has 11 heteroatoms. The van der Waals surface area contributed by atoms with Crippen LogP contribution < -0.4 is 10.1 Å². The first-order valence-electron chi connectivity index (χ1n) is 12.6. The third-order valence-electron chi connectivity index (χ3n) is 6.50. The van der Waals surface area contributed by atoms with Crippen LogP contribution in [0.4, 0.5) is 18.0 Å². The summed E-state index contributed by atoms with van der Waals surface area (Å²) in [6.07, 6.45) is -3.37. The lowest BCUT2D eigenvalue weighted by Crippen LogP contribution is -2.33. The van der Waals surface area contributed by atoms with Crippen LogP contribution in [0.2, 0.25) is 0 Å². The molecule has 1 aromatic heterocycles. The van der Waals surface area contributed by atoms with Gasteiger partial charge in [-0.1, -0.05) is 13.0 Å². The van der Waals surface area contributed by atoms with Crippen molar-refractivity contribution < 1.29 is 37.4 Å². The Bertz CT molecular complexity index is 1360. The van der Waals surface area contributed by atoms with E-state index in [1.807, 2.05) is 13.8 Å². The molecule has 2 aromatic carbocycles. The number of methoxy groups -OCH3 is 1. The number of carboxylic acids is 1. The summed E-state index contributed by atoms with van der Waals surface area (Å²) in [5, 5.41) is 12.5. The van der Waals surface area contributed by atoms with Crippen LogP contribution in [0, 0.1) is 5.92 Å². The van der Waals surface area contributed by atoms with Crippen LogP contribution in [0.5, 0.6) is 5.75 Å². The molecule has 1 unspecified atom stereocenters. The molecule has 0 spiro atoms. The van der Waals surface area contributed by atoms with E-state index >= 15 is 0 Å². The van der Waals surface area contributed by atoms with Gasteiger partial charge in [-0.25, -0.2) is 9.59 Å². The van der Waals surface area contributed by atoms with Gasteiger partial charge in [0.1, 0.15) is 5.75 Å². The van der Waals surface area contributed by atoms with Crippen molar-refractivity contribution >= 4 is 28.8 Å². The molecular weight excluding hydrogens is 515 g/mol. The van der Waals surface area contributed by atoms with E-state index in [1.165, 1.54) is 36.8 Å². The predicted octanol–water partition coefficient (Wildman–Crippen LogP) is 5.57. The van der Waals surface area contributed by atoms with E-state index in [9.17, 15) is 32.7 Å². The Morgan fingerprint density at radius 2 is 1.72 bits per heavy atom. The summed E-state index contributed by atoms with van der Waals surface area (Å²) >= 11 is 0. The first kappa shape index (κ1) is 29.5. The zero-order valence-corrected chi connectivity index (χ0v) is 22.3. The Hall–Kier alpha value is -4.02. The number of carbonyl (C=O) groups is 3. The van der Waals surface area contributed by atoms with Gasteiger partial charge in [-0.15, -0.1) is 0 Å². The maximum Gasteiger partial charge on any atom is 0.389 e. The molecule has 2 amide bonds. The molecule has 2 N–H and O–H groups in total. The van der Waals surface area contributed by atoms with Crippen LogP contribution in [0.3, 0.4) is 0 Å². The van der Waals surface area contributed by atoms with Crippen molar-refractivity contribution in [3.05, 3.63) is 64.8 Å². The number of nitrogens with one attached hydrogen (secondary N) is 1. The minimum Gasteiger partial charge on any atom is -0.496 e. The molecule has 0 bridgehead atoms. The summed E-state index contributed by atoms with van der Waals surface area (Å²) < 4.78 is 44.9. The van der Waals surface area contributed by atoms with Crippen molar-refractivity contribution in [2.75, 3.05) is 26.7 Å². The lowest BCUT2D eigenvalue weighted by atomic mass is 10.0. The van der Waals surface area contributed by atoms with Crippen LogP contribution in [0.25, 0.3) is 10.9 Å². The standard InChI is InChI=1S/C28H32F3N3O5/c1-5-33(6-2)27(38)34-16-21(11-18-7-8-20(26(36)37)13-24(18)39-4)22-12-19(9-10-23(22)34)25(35)32-15-17(3)14-28(29,30)31/h7-10,12-13,16-17H,5-6,11,14-15H2,1-4H3,(H,32,35)(H,36,37). The molecule has 0 aliphatic heterocycles. The fourth-order valence-electron chi connectivity index (χ4n) is 4.45. The van der Waals surface area contributed by atoms with Gasteiger partial charge >= 0.3 is 18.2 Å². The average Bonchev–Trinajstić information content (AvgIpc) is 3.24. The topological polar surface area (TPSA) is 101 Å². The number of ether oxygens (including phenoxy) is 1. The minimum absolute atomic E-state index is 0.0634. The second-order valence-electron chi connectivity index (χ2n) is 9.35. The van der Waals surface area contributed by atoms with Crippen LogP contribution in [-0.2, 0) is 6.42 Å². The number of hydrogen-bond donors (Lipinski definition) is 2. The number of alkyl halides is 3. The van der Waals surface area contributed by atoms with Crippen LogP contribution in [0.15, 0.2) is 42.6 Å². The van der Waals surface area contributed by atoms with Crippen molar-refractivity contribution in [2.24, 2.45) is 5.92 Å². The third-order valence-corrected chi connectivity index (χ3v) is 6.50. The minimum atomic E-state index is -4.32. The number of amides is 2. The van der Waals surface area contributed by atoms with Gasteiger partial charge in [-0.3, -0.25) is 9.36 Å². The summed E-state index contributed by atoms with van der Waals surface area (Å²) in [5.74, 6) is -2.05. The summed E-state index contributed by atoms with van der Waals surface area (Å²) in [4.78, 5) is 39.1. The number of carboxylic acid groups (broad SMARTS) is 1. The second-order valence-corrected chi connectivity index (χ2v) is 9.35. The maximum atomic E-state index is 13.3. The normalized spacial score (nSPS) is 12.3. The molecule has 3 rings (SSSR count). The SMILES string of the molecule is CCN(CC)C(=O)n1cc(Cc2ccc(C(=O)O)cc2OC)c2cc(C(=O)NCC(C)CC(F)(F)F)ccc21. The van der Waals surface area contributed by atoms with Crippen molar-refractivity contribution in [3.8, 4) is 5.75 Å². The Kier molecular flexibility index (Phi) is 9.26. The Morgan fingerprint density at radius 1 is 1.05 bits per heavy atom. The van der Waals surface area contributed by atoms with Crippen molar-refractivity contribution in [1.82, 2.24) is 14.8 Å². The zero-order valence-electron chi connectivity index (χ0n) is 22.3. The summed E-state index contributed by atoms with van der Waals surface area (Å²) in [6.45, 7) is 5.99. The lowest BCUT2D eigenvalue weighted by molar-refractivity contribution is -0.142. The molecule has 0 saturated carbocycles.